The summed E-state index contributed by atoms with van der Waals surface area (Å²) in [5, 5.41) is 8.05. The van der Waals surface area contributed by atoms with Crippen molar-refractivity contribution in [2.75, 3.05) is 7.05 Å². The highest BCUT2D eigenvalue weighted by molar-refractivity contribution is 7.07. The molecule has 1 aliphatic carbocycles. The average Bonchev–Trinajstić information content (AvgIpc) is 2.90. The largest absolute Gasteiger partial charge is 0.316 e. The number of thiophene rings is 1. The molecule has 1 aliphatic rings. The fourth-order valence-electron chi connectivity index (χ4n) is 3.45. The molecule has 18 heavy (non-hydrogen) atoms. The van der Waals surface area contributed by atoms with Crippen LogP contribution in [0.2, 0.25) is 0 Å². The van der Waals surface area contributed by atoms with Crippen LogP contribution in [0, 0.1) is 11.8 Å². The third kappa shape index (κ3) is 3.83. The van der Waals surface area contributed by atoms with Gasteiger partial charge >= 0.3 is 0 Å². The van der Waals surface area contributed by atoms with E-state index in [1.54, 1.807) is 0 Å². The summed E-state index contributed by atoms with van der Waals surface area (Å²) in [5.41, 5.74) is 1.51. The van der Waals surface area contributed by atoms with Gasteiger partial charge < -0.3 is 5.32 Å². The van der Waals surface area contributed by atoms with Crippen LogP contribution >= 0.6 is 11.3 Å². The molecule has 1 heterocycles. The highest BCUT2D eigenvalue weighted by Crippen LogP contribution is 2.34. The molecule has 0 radical (unpaired) electrons. The molecule has 1 unspecified atom stereocenters. The van der Waals surface area contributed by atoms with Crippen molar-refractivity contribution in [1.82, 2.24) is 5.32 Å². The number of likely N-dealkylation sites (N-methyl/N-ethyl adjacent to an activating group) is 1. The Labute approximate surface area is 116 Å². The molecule has 1 aromatic rings. The van der Waals surface area contributed by atoms with Gasteiger partial charge in [0.15, 0.2) is 0 Å². The Morgan fingerprint density at radius 3 is 2.67 bits per heavy atom. The summed E-state index contributed by atoms with van der Waals surface area (Å²) in [6.07, 6.45) is 9.80. The van der Waals surface area contributed by atoms with Crippen LogP contribution < -0.4 is 5.32 Å². The molecule has 0 spiro atoms. The third-order valence-electron chi connectivity index (χ3n) is 4.56. The lowest BCUT2D eigenvalue weighted by molar-refractivity contribution is 0.217. The monoisotopic (exact) mass is 265 g/mol. The van der Waals surface area contributed by atoms with E-state index >= 15 is 0 Å². The zero-order chi connectivity index (χ0) is 12.8. The van der Waals surface area contributed by atoms with E-state index in [4.69, 9.17) is 0 Å². The predicted octanol–water partition coefficient (Wildman–Crippen LogP) is 4.49. The van der Waals surface area contributed by atoms with E-state index in [1.165, 1.54) is 50.5 Å². The number of rotatable bonds is 6. The zero-order valence-corrected chi connectivity index (χ0v) is 12.6. The van der Waals surface area contributed by atoms with Crippen LogP contribution in [0.15, 0.2) is 16.8 Å². The maximum Gasteiger partial charge on any atom is 0.0133 e. The van der Waals surface area contributed by atoms with Gasteiger partial charge in [0.25, 0.3) is 0 Å². The van der Waals surface area contributed by atoms with Crippen LogP contribution in [0.3, 0.4) is 0 Å². The minimum absolute atomic E-state index is 0.683. The standard InChI is InChI=1S/C16H27NS/c1-3-4-13-5-7-15(8-6-13)16(17-2)11-14-9-10-18-12-14/h9-10,12-13,15-17H,3-8,11H2,1-2H3. The minimum atomic E-state index is 0.683. The molecule has 0 amide bonds. The molecular weight excluding hydrogens is 238 g/mol. The molecule has 1 aromatic heterocycles. The maximum absolute atomic E-state index is 3.56. The van der Waals surface area contributed by atoms with E-state index in [2.05, 4.69) is 36.1 Å². The lowest BCUT2D eigenvalue weighted by Gasteiger charge is -2.33. The Bertz CT molecular complexity index is 312. The molecule has 0 saturated heterocycles. The van der Waals surface area contributed by atoms with Crippen molar-refractivity contribution in [2.24, 2.45) is 11.8 Å². The second-order valence-electron chi connectivity index (χ2n) is 5.80. The van der Waals surface area contributed by atoms with Gasteiger partial charge in [-0.25, -0.2) is 0 Å². The van der Waals surface area contributed by atoms with Gasteiger partial charge in [0.1, 0.15) is 0 Å². The molecule has 0 aliphatic heterocycles. The van der Waals surface area contributed by atoms with E-state index in [0.717, 1.165) is 11.8 Å². The Balaban J connectivity index is 1.82. The topological polar surface area (TPSA) is 12.0 Å². The lowest BCUT2D eigenvalue weighted by Crippen LogP contribution is -2.37. The average molecular weight is 265 g/mol. The van der Waals surface area contributed by atoms with E-state index < -0.39 is 0 Å². The highest BCUT2D eigenvalue weighted by atomic mass is 32.1. The van der Waals surface area contributed by atoms with Gasteiger partial charge in [0.05, 0.1) is 0 Å². The van der Waals surface area contributed by atoms with E-state index in [9.17, 15) is 0 Å². The van der Waals surface area contributed by atoms with Gasteiger partial charge in [0, 0.05) is 6.04 Å². The first kappa shape index (κ1) is 14.1. The summed E-state index contributed by atoms with van der Waals surface area (Å²) < 4.78 is 0. The van der Waals surface area contributed by atoms with Crippen LogP contribution in [0.5, 0.6) is 0 Å². The molecule has 0 bridgehead atoms. The first-order valence-corrected chi connectivity index (χ1v) is 8.46. The second kappa shape index (κ2) is 7.30. The van der Waals surface area contributed by atoms with E-state index in [1.807, 2.05) is 11.3 Å². The summed E-state index contributed by atoms with van der Waals surface area (Å²) in [6, 6.07) is 2.96. The van der Waals surface area contributed by atoms with E-state index in [-0.39, 0.29) is 0 Å². The van der Waals surface area contributed by atoms with Crippen molar-refractivity contribution >= 4 is 11.3 Å². The summed E-state index contributed by atoms with van der Waals surface area (Å²) in [6.45, 7) is 2.32. The molecule has 1 nitrogen and oxygen atoms in total. The quantitative estimate of drug-likeness (QED) is 0.799. The number of hydrogen-bond acceptors (Lipinski definition) is 2. The predicted molar refractivity (Wildman–Crippen MR) is 81.2 cm³/mol. The van der Waals surface area contributed by atoms with Gasteiger partial charge in [-0.05, 0) is 60.5 Å². The smallest absolute Gasteiger partial charge is 0.0133 e. The van der Waals surface area contributed by atoms with Gasteiger partial charge in [-0.2, -0.15) is 11.3 Å². The number of nitrogens with one attached hydrogen (secondary N) is 1. The summed E-state index contributed by atoms with van der Waals surface area (Å²) in [4.78, 5) is 0. The van der Waals surface area contributed by atoms with Crippen LogP contribution in [0.4, 0.5) is 0 Å². The molecule has 1 saturated carbocycles. The number of hydrogen-bond donors (Lipinski definition) is 1. The second-order valence-corrected chi connectivity index (χ2v) is 6.58. The van der Waals surface area contributed by atoms with Crippen LogP contribution in [0.25, 0.3) is 0 Å². The van der Waals surface area contributed by atoms with Crippen LogP contribution in [-0.2, 0) is 6.42 Å². The molecular formula is C16H27NS. The Kier molecular flexibility index (Phi) is 5.71. The van der Waals surface area contributed by atoms with Crippen molar-refractivity contribution in [1.29, 1.82) is 0 Å². The lowest BCUT2D eigenvalue weighted by atomic mass is 9.76. The van der Waals surface area contributed by atoms with Crippen molar-refractivity contribution in [2.45, 2.75) is 57.9 Å². The molecule has 2 rings (SSSR count). The van der Waals surface area contributed by atoms with E-state index in [0.29, 0.717) is 6.04 Å². The minimum Gasteiger partial charge on any atom is -0.316 e. The summed E-state index contributed by atoms with van der Waals surface area (Å²) >= 11 is 1.82. The molecule has 0 aromatic carbocycles. The Hall–Kier alpha value is -0.340. The van der Waals surface area contributed by atoms with Gasteiger partial charge in [-0.3, -0.25) is 0 Å². The Morgan fingerprint density at radius 1 is 1.33 bits per heavy atom. The normalized spacial score (nSPS) is 26.1. The first-order valence-electron chi connectivity index (χ1n) is 7.51. The first-order chi connectivity index (χ1) is 8.83. The molecule has 1 fully saturated rings. The van der Waals surface area contributed by atoms with Crippen LogP contribution in [0.1, 0.15) is 51.0 Å². The zero-order valence-electron chi connectivity index (χ0n) is 11.8. The molecule has 102 valence electrons. The van der Waals surface area contributed by atoms with Crippen molar-refractivity contribution in [3.8, 4) is 0 Å². The molecule has 2 heteroatoms. The fraction of sp³-hybridized carbons (Fsp3) is 0.750. The van der Waals surface area contributed by atoms with Crippen molar-refractivity contribution in [3.05, 3.63) is 22.4 Å². The molecule has 1 atom stereocenters. The Morgan fingerprint density at radius 2 is 2.11 bits per heavy atom. The maximum atomic E-state index is 3.56. The van der Waals surface area contributed by atoms with Gasteiger partial charge in [0.2, 0.25) is 0 Å². The highest BCUT2D eigenvalue weighted by Gasteiger charge is 2.26. The van der Waals surface area contributed by atoms with Gasteiger partial charge in [-0.15, -0.1) is 0 Å². The molecule has 1 N–H and O–H groups in total. The van der Waals surface area contributed by atoms with Crippen LogP contribution in [-0.4, -0.2) is 13.1 Å². The fourth-order valence-corrected chi connectivity index (χ4v) is 4.14. The van der Waals surface area contributed by atoms with Gasteiger partial charge in [-0.1, -0.05) is 32.6 Å². The van der Waals surface area contributed by atoms with Crippen molar-refractivity contribution < 1.29 is 0 Å². The SMILES string of the molecule is CCCC1CCC(C(Cc2ccsc2)NC)CC1. The third-order valence-corrected chi connectivity index (χ3v) is 5.30. The van der Waals surface area contributed by atoms with Crippen molar-refractivity contribution in [3.63, 3.8) is 0 Å². The summed E-state index contributed by atoms with van der Waals surface area (Å²) in [5.74, 6) is 1.91. The summed E-state index contributed by atoms with van der Waals surface area (Å²) in [7, 11) is 2.13.